The molecule has 0 unspecified atom stereocenters. The summed E-state index contributed by atoms with van der Waals surface area (Å²) < 4.78 is 37.9. The highest BCUT2D eigenvalue weighted by Gasteiger charge is 2.29. The lowest BCUT2D eigenvalue weighted by Gasteiger charge is -2.17. The number of pyridine rings is 1. The Labute approximate surface area is 154 Å². The average Bonchev–Trinajstić information content (AvgIpc) is 2.67. The van der Waals surface area contributed by atoms with Crippen LogP contribution in [-0.4, -0.2) is 33.8 Å². The molecule has 3 aromatic rings. The number of aromatic nitrogens is 4. The van der Waals surface area contributed by atoms with Crippen molar-refractivity contribution in [1.29, 1.82) is 0 Å². The minimum Gasteiger partial charge on any atom is -0.342 e. The monoisotopic (exact) mass is 374 g/mol. The quantitative estimate of drug-likeness (QED) is 0.710. The number of benzene rings is 1. The van der Waals surface area contributed by atoms with Crippen LogP contribution in [-0.2, 0) is 12.6 Å². The number of anilines is 3. The molecule has 0 fully saturated rings. The molecule has 140 valence electrons. The van der Waals surface area contributed by atoms with Crippen molar-refractivity contribution in [2.75, 3.05) is 23.8 Å². The van der Waals surface area contributed by atoms with E-state index in [0.29, 0.717) is 24.0 Å². The van der Waals surface area contributed by atoms with Gasteiger partial charge in [0.2, 0.25) is 5.95 Å². The van der Waals surface area contributed by atoms with Gasteiger partial charge in [0.1, 0.15) is 0 Å². The van der Waals surface area contributed by atoms with Crippen LogP contribution in [0.1, 0.15) is 11.1 Å². The van der Waals surface area contributed by atoms with Crippen LogP contribution in [0.3, 0.4) is 0 Å². The number of nitrogens with zero attached hydrogens (tertiary/aromatic N) is 5. The zero-order valence-corrected chi connectivity index (χ0v) is 14.5. The smallest absolute Gasteiger partial charge is 0.342 e. The average molecular weight is 374 g/mol. The number of halogens is 3. The van der Waals surface area contributed by atoms with Crippen LogP contribution < -0.4 is 10.2 Å². The van der Waals surface area contributed by atoms with E-state index in [1.165, 1.54) is 18.3 Å². The molecule has 2 aromatic heterocycles. The first kappa shape index (κ1) is 18.6. The van der Waals surface area contributed by atoms with Gasteiger partial charge in [0, 0.05) is 31.7 Å². The molecule has 0 saturated carbocycles. The SMILES string of the molecule is CN(CCc1ccncc1)c1nncc(Nc2ccc(C(F)(F)F)cc2)n1. The maximum absolute atomic E-state index is 12.6. The highest BCUT2D eigenvalue weighted by atomic mass is 19.4. The molecule has 27 heavy (non-hydrogen) atoms. The zero-order valence-electron chi connectivity index (χ0n) is 14.5. The lowest BCUT2D eigenvalue weighted by atomic mass is 10.2. The third kappa shape index (κ3) is 5.13. The highest BCUT2D eigenvalue weighted by molar-refractivity contribution is 5.56. The molecule has 0 atom stereocenters. The lowest BCUT2D eigenvalue weighted by Crippen LogP contribution is -2.23. The predicted octanol–water partition coefficient (Wildman–Crippen LogP) is 3.71. The molecule has 0 amide bonds. The zero-order chi connectivity index (χ0) is 19.3. The Morgan fingerprint density at radius 1 is 1.04 bits per heavy atom. The van der Waals surface area contributed by atoms with Crippen LogP contribution in [0.25, 0.3) is 0 Å². The standard InChI is InChI=1S/C18H17F3N6/c1-27(11-8-13-6-9-22-10-7-13)17-25-16(12-23-26-17)24-15-4-2-14(3-5-15)18(19,20)21/h2-7,9-10,12H,8,11H2,1H3,(H,24,25,26). The van der Waals surface area contributed by atoms with Crippen molar-refractivity contribution >= 4 is 17.5 Å². The van der Waals surface area contributed by atoms with E-state index in [0.717, 1.165) is 24.1 Å². The fraction of sp³-hybridized carbons (Fsp3) is 0.222. The molecule has 6 nitrogen and oxygen atoms in total. The molecule has 0 radical (unpaired) electrons. The van der Waals surface area contributed by atoms with Gasteiger partial charge in [-0.1, -0.05) is 0 Å². The molecule has 0 saturated heterocycles. The maximum Gasteiger partial charge on any atom is 0.416 e. The molecule has 0 bridgehead atoms. The fourth-order valence-electron chi connectivity index (χ4n) is 2.35. The van der Waals surface area contributed by atoms with Crippen molar-refractivity contribution < 1.29 is 13.2 Å². The molecule has 3 rings (SSSR count). The van der Waals surface area contributed by atoms with Gasteiger partial charge in [0.15, 0.2) is 5.82 Å². The van der Waals surface area contributed by atoms with E-state index in [-0.39, 0.29) is 0 Å². The van der Waals surface area contributed by atoms with E-state index >= 15 is 0 Å². The van der Waals surface area contributed by atoms with Crippen molar-refractivity contribution in [2.45, 2.75) is 12.6 Å². The number of hydrogen-bond acceptors (Lipinski definition) is 6. The molecule has 9 heteroatoms. The lowest BCUT2D eigenvalue weighted by molar-refractivity contribution is -0.137. The summed E-state index contributed by atoms with van der Waals surface area (Å²) in [5.74, 6) is 0.816. The Bertz CT molecular complexity index is 868. The molecule has 1 aromatic carbocycles. The summed E-state index contributed by atoms with van der Waals surface area (Å²) in [6, 6.07) is 8.60. The molecule has 0 spiro atoms. The van der Waals surface area contributed by atoms with Gasteiger partial charge in [-0.25, -0.2) is 0 Å². The van der Waals surface area contributed by atoms with Crippen molar-refractivity contribution in [2.24, 2.45) is 0 Å². The minimum atomic E-state index is -4.36. The summed E-state index contributed by atoms with van der Waals surface area (Å²) in [6.45, 7) is 0.676. The van der Waals surface area contributed by atoms with Crippen molar-refractivity contribution in [3.63, 3.8) is 0 Å². The van der Waals surface area contributed by atoms with Crippen LogP contribution in [0.4, 0.5) is 30.6 Å². The van der Waals surface area contributed by atoms with Gasteiger partial charge in [-0.3, -0.25) is 4.98 Å². The summed E-state index contributed by atoms with van der Waals surface area (Å²) in [5.41, 5.74) is 0.920. The molecular formula is C18H17F3N6. The van der Waals surface area contributed by atoms with Gasteiger partial charge in [0.05, 0.1) is 11.8 Å². The van der Waals surface area contributed by atoms with Gasteiger partial charge >= 0.3 is 6.18 Å². The first-order valence-corrected chi connectivity index (χ1v) is 8.16. The van der Waals surface area contributed by atoms with Gasteiger partial charge < -0.3 is 10.2 Å². The Hall–Kier alpha value is -3.23. The van der Waals surface area contributed by atoms with Crippen molar-refractivity contribution in [1.82, 2.24) is 20.2 Å². The number of rotatable bonds is 6. The summed E-state index contributed by atoms with van der Waals surface area (Å²) in [7, 11) is 1.85. The summed E-state index contributed by atoms with van der Waals surface area (Å²) in [4.78, 5) is 10.2. The summed E-state index contributed by atoms with van der Waals surface area (Å²) >= 11 is 0. The summed E-state index contributed by atoms with van der Waals surface area (Å²) in [5, 5.41) is 10.8. The third-order valence-corrected chi connectivity index (χ3v) is 3.86. The molecular weight excluding hydrogens is 357 g/mol. The van der Waals surface area contributed by atoms with Gasteiger partial charge in [-0.05, 0) is 48.4 Å². The Kier molecular flexibility index (Phi) is 5.49. The van der Waals surface area contributed by atoms with E-state index in [4.69, 9.17) is 0 Å². The van der Waals surface area contributed by atoms with Crippen LogP contribution in [0.2, 0.25) is 0 Å². The van der Waals surface area contributed by atoms with Gasteiger partial charge in [-0.2, -0.15) is 23.3 Å². The first-order valence-electron chi connectivity index (χ1n) is 8.16. The second kappa shape index (κ2) is 7.98. The number of nitrogens with one attached hydrogen (secondary N) is 1. The van der Waals surface area contributed by atoms with Gasteiger partial charge in [0.25, 0.3) is 0 Å². The number of likely N-dealkylation sites (N-methyl/N-ethyl adjacent to an activating group) is 1. The van der Waals surface area contributed by atoms with Crippen LogP contribution in [0.15, 0.2) is 55.0 Å². The van der Waals surface area contributed by atoms with Crippen LogP contribution in [0.5, 0.6) is 0 Å². The number of hydrogen-bond donors (Lipinski definition) is 1. The minimum absolute atomic E-state index is 0.399. The first-order chi connectivity index (χ1) is 12.9. The Morgan fingerprint density at radius 3 is 2.41 bits per heavy atom. The van der Waals surface area contributed by atoms with Gasteiger partial charge in [-0.15, -0.1) is 5.10 Å². The number of alkyl halides is 3. The Morgan fingerprint density at radius 2 is 1.74 bits per heavy atom. The maximum atomic E-state index is 12.6. The van der Waals surface area contributed by atoms with Crippen LogP contribution in [0, 0.1) is 0 Å². The normalized spacial score (nSPS) is 11.3. The van der Waals surface area contributed by atoms with Crippen molar-refractivity contribution in [3.8, 4) is 0 Å². The molecule has 0 aliphatic carbocycles. The molecule has 1 N–H and O–H groups in total. The third-order valence-electron chi connectivity index (χ3n) is 3.86. The highest BCUT2D eigenvalue weighted by Crippen LogP contribution is 2.30. The van der Waals surface area contributed by atoms with E-state index in [9.17, 15) is 13.2 Å². The molecule has 0 aliphatic heterocycles. The second-order valence-corrected chi connectivity index (χ2v) is 5.87. The molecule has 0 aliphatic rings. The van der Waals surface area contributed by atoms with E-state index in [1.807, 2.05) is 24.1 Å². The van der Waals surface area contributed by atoms with Crippen molar-refractivity contribution in [3.05, 3.63) is 66.1 Å². The van der Waals surface area contributed by atoms with E-state index < -0.39 is 11.7 Å². The molecule has 2 heterocycles. The predicted molar refractivity (Wildman–Crippen MR) is 95.8 cm³/mol. The summed E-state index contributed by atoms with van der Waals surface area (Å²) in [6.07, 6.45) is 1.32. The Balaban J connectivity index is 1.64. The van der Waals surface area contributed by atoms with E-state index in [2.05, 4.69) is 25.5 Å². The second-order valence-electron chi connectivity index (χ2n) is 5.87. The fourth-order valence-corrected chi connectivity index (χ4v) is 2.35. The largest absolute Gasteiger partial charge is 0.416 e. The van der Waals surface area contributed by atoms with E-state index in [1.54, 1.807) is 12.4 Å². The van der Waals surface area contributed by atoms with Crippen LogP contribution >= 0.6 is 0 Å². The topological polar surface area (TPSA) is 66.8 Å².